The minimum absolute atomic E-state index is 0.105. The van der Waals surface area contributed by atoms with E-state index >= 15 is 0 Å². The Morgan fingerprint density at radius 1 is 1.00 bits per heavy atom. The minimum atomic E-state index is 0.105. The van der Waals surface area contributed by atoms with Gasteiger partial charge in [-0.15, -0.1) is 10.2 Å². The molecule has 1 aliphatic rings. The molecule has 1 fully saturated rings. The lowest BCUT2D eigenvalue weighted by molar-refractivity contribution is 0.0746. The topological polar surface area (TPSA) is 66.6 Å². The van der Waals surface area contributed by atoms with E-state index in [1.807, 2.05) is 40.5 Å². The summed E-state index contributed by atoms with van der Waals surface area (Å²) in [6.45, 7) is 9.09. The Bertz CT molecular complexity index is 986. The van der Waals surface area contributed by atoms with Crippen molar-refractivity contribution in [3.8, 4) is 0 Å². The number of amides is 1. The van der Waals surface area contributed by atoms with E-state index < -0.39 is 0 Å². The summed E-state index contributed by atoms with van der Waals surface area (Å²) < 4.78 is 2.00. The van der Waals surface area contributed by atoms with Gasteiger partial charge in [0.1, 0.15) is 11.6 Å². The van der Waals surface area contributed by atoms with E-state index in [2.05, 4.69) is 40.0 Å². The maximum atomic E-state index is 12.8. The second-order valence-corrected chi connectivity index (χ2v) is 7.17. The molecule has 0 unspecified atom stereocenters. The van der Waals surface area contributed by atoms with Gasteiger partial charge in [0, 0.05) is 43.5 Å². The van der Waals surface area contributed by atoms with Crippen LogP contribution in [0.1, 0.15) is 41.3 Å². The number of aryl methyl sites for hydroxylation is 3. The highest BCUT2D eigenvalue weighted by atomic mass is 16.2. The van der Waals surface area contributed by atoms with Gasteiger partial charge in [0.05, 0.1) is 0 Å². The van der Waals surface area contributed by atoms with E-state index in [4.69, 9.17) is 0 Å². The molecule has 3 heterocycles. The van der Waals surface area contributed by atoms with Gasteiger partial charge in [0.15, 0.2) is 0 Å². The van der Waals surface area contributed by atoms with Crippen LogP contribution >= 0.6 is 0 Å². The molecule has 7 nitrogen and oxygen atoms in total. The van der Waals surface area contributed by atoms with Gasteiger partial charge in [-0.2, -0.15) is 4.98 Å². The summed E-state index contributed by atoms with van der Waals surface area (Å²) in [6.07, 6.45) is 1.87. The van der Waals surface area contributed by atoms with Crippen LogP contribution in [0, 0.1) is 6.92 Å². The number of carbonyl (C=O) groups is 1. The molecule has 1 aromatic carbocycles. The molecule has 28 heavy (non-hydrogen) atoms. The van der Waals surface area contributed by atoms with Gasteiger partial charge >= 0.3 is 0 Å². The average molecular weight is 378 g/mol. The number of fused-ring (bicyclic) bond motifs is 1. The largest absolute Gasteiger partial charge is 0.353 e. The molecule has 0 N–H and O–H groups in total. The molecule has 0 saturated carbocycles. The Morgan fingerprint density at radius 2 is 1.71 bits per heavy atom. The van der Waals surface area contributed by atoms with Crippen LogP contribution in [0.15, 0.2) is 30.3 Å². The smallest absolute Gasteiger partial charge is 0.257 e. The van der Waals surface area contributed by atoms with Crippen LogP contribution < -0.4 is 4.90 Å². The van der Waals surface area contributed by atoms with Gasteiger partial charge in [-0.25, -0.2) is 0 Å². The third kappa shape index (κ3) is 3.32. The Kier molecular flexibility index (Phi) is 4.98. The van der Waals surface area contributed by atoms with Crippen LogP contribution in [0.3, 0.4) is 0 Å². The first-order chi connectivity index (χ1) is 13.6. The number of benzene rings is 1. The van der Waals surface area contributed by atoms with Crippen LogP contribution in [-0.2, 0) is 12.8 Å². The first-order valence-electron chi connectivity index (χ1n) is 9.95. The van der Waals surface area contributed by atoms with Crippen molar-refractivity contribution in [1.29, 1.82) is 0 Å². The fraction of sp³-hybridized carbons (Fsp3) is 0.429. The molecular weight excluding hydrogens is 352 g/mol. The lowest BCUT2D eigenvalue weighted by Crippen LogP contribution is -2.49. The van der Waals surface area contributed by atoms with Gasteiger partial charge in [0.25, 0.3) is 11.7 Å². The van der Waals surface area contributed by atoms with Crippen LogP contribution in [0.5, 0.6) is 0 Å². The SMILES string of the molecule is CCc1ccc(C(=O)N2CCN(c3cc(CC)n4c(C)nnc4n3)CC2)cc1. The van der Waals surface area contributed by atoms with E-state index in [0.717, 1.165) is 48.8 Å². The van der Waals surface area contributed by atoms with E-state index in [9.17, 15) is 4.79 Å². The third-order valence-electron chi connectivity index (χ3n) is 5.47. The van der Waals surface area contributed by atoms with Crippen molar-refractivity contribution in [3.05, 3.63) is 53.0 Å². The molecule has 1 saturated heterocycles. The highest BCUT2D eigenvalue weighted by Crippen LogP contribution is 2.19. The summed E-state index contributed by atoms with van der Waals surface area (Å²) in [7, 11) is 0. The van der Waals surface area contributed by atoms with E-state index in [0.29, 0.717) is 18.9 Å². The molecule has 1 aliphatic heterocycles. The van der Waals surface area contributed by atoms with Crippen LogP contribution in [0.2, 0.25) is 0 Å². The van der Waals surface area contributed by atoms with Gasteiger partial charge in [-0.3, -0.25) is 9.20 Å². The van der Waals surface area contributed by atoms with Crippen molar-refractivity contribution in [2.24, 2.45) is 0 Å². The van der Waals surface area contributed by atoms with Gasteiger partial charge in [-0.1, -0.05) is 26.0 Å². The number of piperazine rings is 1. The molecule has 0 atom stereocenters. The second kappa shape index (κ2) is 7.58. The number of nitrogens with zero attached hydrogens (tertiary/aromatic N) is 6. The quantitative estimate of drug-likeness (QED) is 0.698. The standard InChI is InChI=1S/C21H26N6O/c1-4-16-6-8-17(9-7-16)20(28)26-12-10-25(11-13-26)19-14-18(5-2)27-15(3)23-24-21(27)22-19/h6-9,14H,4-5,10-13H2,1-3H3. The number of rotatable bonds is 4. The molecular formula is C21H26N6O. The Hall–Kier alpha value is -2.96. The van der Waals surface area contributed by atoms with Crippen molar-refractivity contribution >= 4 is 17.5 Å². The van der Waals surface area contributed by atoms with Crippen molar-refractivity contribution in [3.63, 3.8) is 0 Å². The van der Waals surface area contributed by atoms with Crippen molar-refractivity contribution < 1.29 is 4.79 Å². The van der Waals surface area contributed by atoms with Crippen molar-refractivity contribution in [2.75, 3.05) is 31.1 Å². The molecule has 3 aromatic rings. The molecule has 0 spiro atoms. The molecule has 0 radical (unpaired) electrons. The predicted molar refractivity (Wildman–Crippen MR) is 109 cm³/mol. The van der Waals surface area contributed by atoms with Crippen LogP contribution in [-0.4, -0.2) is 56.6 Å². The third-order valence-corrected chi connectivity index (χ3v) is 5.47. The van der Waals surface area contributed by atoms with Gasteiger partial charge < -0.3 is 9.80 Å². The molecule has 0 bridgehead atoms. The number of anilines is 1. The highest BCUT2D eigenvalue weighted by Gasteiger charge is 2.24. The maximum Gasteiger partial charge on any atom is 0.257 e. The Morgan fingerprint density at radius 3 is 2.36 bits per heavy atom. The van der Waals surface area contributed by atoms with Crippen LogP contribution in [0.25, 0.3) is 5.78 Å². The first kappa shape index (κ1) is 18.4. The van der Waals surface area contributed by atoms with Crippen molar-refractivity contribution in [2.45, 2.75) is 33.6 Å². The summed E-state index contributed by atoms with van der Waals surface area (Å²) in [6, 6.07) is 10.1. The molecule has 2 aromatic heterocycles. The second-order valence-electron chi connectivity index (χ2n) is 7.17. The lowest BCUT2D eigenvalue weighted by Gasteiger charge is -2.35. The van der Waals surface area contributed by atoms with E-state index in [1.165, 1.54) is 5.56 Å². The number of aromatic nitrogens is 4. The Balaban J connectivity index is 1.48. The summed E-state index contributed by atoms with van der Waals surface area (Å²) in [5.74, 6) is 2.51. The summed E-state index contributed by atoms with van der Waals surface area (Å²) in [4.78, 5) is 21.6. The van der Waals surface area contributed by atoms with Crippen molar-refractivity contribution in [1.82, 2.24) is 24.5 Å². The predicted octanol–water partition coefficient (Wildman–Crippen LogP) is 2.52. The zero-order chi connectivity index (χ0) is 19.7. The summed E-state index contributed by atoms with van der Waals surface area (Å²) >= 11 is 0. The summed E-state index contributed by atoms with van der Waals surface area (Å²) in [5, 5.41) is 8.34. The van der Waals surface area contributed by atoms with E-state index in [1.54, 1.807) is 0 Å². The highest BCUT2D eigenvalue weighted by molar-refractivity contribution is 5.94. The van der Waals surface area contributed by atoms with Gasteiger partial charge in [0.2, 0.25) is 0 Å². The molecule has 7 heteroatoms. The first-order valence-corrected chi connectivity index (χ1v) is 9.95. The number of hydrogen-bond donors (Lipinski definition) is 0. The monoisotopic (exact) mass is 378 g/mol. The molecule has 146 valence electrons. The zero-order valence-corrected chi connectivity index (χ0v) is 16.7. The molecule has 4 rings (SSSR count). The van der Waals surface area contributed by atoms with Gasteiger partial charge in [-0.05, 0) is 37.5 Å². The van der Waals surface area contributed by atoms with Crippen LogP contribution in [0.4, 0.5) is 5.82 Å². The fourth-order valence-corrected chi connectivity index (χ4v) is 3.73. The fourth-order valence-electron chi connectivity index (χ4n) is 3.73. The summed E-state index contributed by atoms with van der Waals surface area (Å²) in [5.41, 5.74) is 3.16. The molecule has 0 aliphatic carbocycles. The normalized spacial score (nSPS) is 14.7. The maximum absolute atomic E-state index is 12.8. The number of hydrogen-bond acceptors (Lipinski definition) is 5. The molecule has 1 amide bonds. The zero-order valence-electron chi connectivity index (χ0n) is 16.7. The minimum Gasteiger partial charge on any atom is -0.353 e. The van der Waals surface area contributed by atoms with E-state index in [-0.39, 0.29) is 5.91 Å². The average Bonchev–Trinajstić information content (AvgIpc) is 3.13. The lowest BCUT2D eigenvalue weighted by atomic mass is 10.1. The number of carbonyl (C=O) groups excluding carboxylic acids is 1. The Labute approximate surface area is 165 Å².